The quantitative estimate of drug-likeness (QED) is 0.839. The van der Waals surface area contributed by atoms with Gasteiger partial charge in [0.05, 0.1) is 0 Å². The van der Waals surface area contributed by atoms with E-state index < -0.39 is 0 Å². The summed E-state index contributed by atoms with van der Waals surface area (Å²) in [4.78, 5) is 4.49. The fraction of sp³-hybridized carbons (Fsp3) is 0.643. The number of nitrogens with zero attached hydrogens (tertiary/aromatic N) is 1. The van der Waals surface area contributed by atoms with E-state index in [-0.39, 0.29) is 0 Å². The lowest BCUT2D eigenvalue weighted by Crippen LogP contribution is -2.28. The Kier molecular flexibility index (Phi) is 4.37. The second-order valence-electron chi connectivity index (χ2n) is 4.90. The number of pyridine rings is 1. The normalized spacial score (nSPS) is 22.1. The summed E-state index contributed by atoms with van der Waals surface area (Å²) in [6.45, 7) is 5.52. The Morgan fingerprint density at radius 2 is 2.41 bits per heavy atom. The third-order valence-electron chi connectivity index (χ3n) is 3.52. The van der Waals surface area contributed by atoms with Gasteiger partial charge in [0.2, 0.25) is 0 Å². The van der Waals surface area contributed by atoms with Gasteiger partial charge in [-0.25, -0.2) is 4.98 Å². The highest BCUT2D eigenvalue weighted by molar-refractivity contribution is 5.46. The van der Waals surface area contributed by atoms with E-state index in [0.717, 1.165) is 18.8 Å². The van der Waals surface area contributed by atoms with Gasteiger partial charge in [-0.3, -0.25) is 0 Å². The fourth-order valence-corrected chi connectivity index (χ4v) is 2.27. The summed E-state index contributed by atoms with van der Waals surface area (Å²) in [7, 11) is 0. The number of hydrogen-bond acceptors (Lipinski definition) is 3. The van der Waals surface area contributed by atoms with Gasteiger partial charge in [-0.05, 0) is 38.8 Å². The van der Waals surface area contributed by atoms with Crippen LogP contribution in [-0.4, -0.2) is 17.6 Å². The first-order chi connectivity index (χ1) is 8.31. The smallest absolute Gasteiger partial charge is 0.130 e. The largest absolute Gasteiger partial charge is 0.367 e. The van der Waals surface area contributed by atoms with Gasteiger partial charge >= 0.3 is 0 Å². The highest BCUT2D eigenvalue weighted by atomic mass is 15.0. The first kappa shape index (κ1) is 12.4. The van der Waals surface area contributed by atoms with Crippen molar-refractivity contribution < 1.29 is 0 Å². The van der Waals surface area contributed by atoms with Crippen LogP contribution >= 0.6 is 0 Å². The molecule has 0 saturated carbocycles. The molecule has 0 spiro atoms. The summed E-state index contributed by atoms with van der Waals surface area (Å²) in [5.41, 5.74) is 1.33. The highest BCUT2D eigenvalue weighted by Crippen LogP contribution is 2.27. The van der Waals surface area contributed by atoms with Gasteiger partial charge in [-0.1, -0.05) is 19.4 Å². The number of nitrogens with one attached hydrogen (secondary N) is 2. The Morgan fingerprint density at radius 1 is 1.53 bits per heavy atom. The van der Waals surface area contributed by atoms with Crippen molar-refractivity contribution >= 4 is 5.82 Å². The topological polar surface area (TPSA) is 37.0 Å². The van der Waals surface area contributed by atoms with Crippen LogP contribution in [0.2, 0.25) is 0 Å². The lowest BCUT2D eigenvalue weighted by Gasteiger charge is -2.26. The summed E-state index contributed by atoms with van der Waals surface area (Å²) < 4.78 is 0. The Morgan fingerprint density at radius 3 is 3.12 bits per heavy atom. The van der Waals surface area contributed by atoms with Crippen molar-refractivity contribution in [3.63, 3.8) is 0 Å². The van der Waals surface area contributed by atoms with Crippen molar-refractivity contribution in [3.05, 3.63) is 23.9 Å². The molecule has 1 aromatic rings. The molecule has 2 rings (SSSR count). The van der Waals surface area contributed by atoms with Crippen LogP contribution in [0, 0.1) is 0 Å². The number of anilines is 1. The molecule has 0 amide bonds. The molecule has 2 N–H and O–H groups in total. The molecular formula is C14H23N3. The van der Waals surface area contributed by atoms with E-state index in [0.29, 0.717) is 12.1 Å². The molecule has 2 atom stereocenters. The standard InChI is InChI=1S/C14H23N3/c1-3-11(2)17-14-12(7-6-10-16-14)13-8-4-5-9-15-13/h6-7,10-11,13,15H,3-5,8-9H2,1-2H3,(H,16,17)/t11-,13-/m0/s1. The maximum Gasteiger partial charge on any atom is 0.130 e. The molecule has 94 valence electrons. The van der Waals surface area contributed by atoms with E-state index in [1.54, 1.807) is 0 Å². The minimum Gasteiger partial charge on any atom is -0.367 e. The van der Waals surface area contributed by atoms with Gasteiger partial charge < -0.3 is 10.6 Å². The maximum absolute atomic E-state index is 4.49. The Bertz CT molecular complexity index is 345. The van der Waals surface area contributed by atoms with Crippen molar-refractivity contribution in [2.75, 3.05) is 11.9 Å². The van der Waals surface area contributed by atoms with Gasteiger partial charge in [-0.2, -0.15) is 0 Å². The molecule has 1 aromatic heterocycles. The van der Waals surface area contributed by atoms with Crippen molar-refractivity contribution in [2.45, 2.75) is 51.6 Å². The van der Waals surface area contributed by atoms with Gasteiger partial charge in [0, 0.05) is 23.8 Å². The van der Waals surface area contributed by atoms with E-state index >= 15 is 0 Å². The lowest BCUT2D eigenvalue weighted by atomic mass is 9.98. The van der Waals surface area contributed by atoms with E-state index in [4.69, 9.17) is 0 Å². The third kappa shape index (κ3) is 3.19. The maximum atomic E-state index is 4.49. The molecule has 2 heterocycles. The Balaban J connectivity index is 2.14. The molecule has 0 radical (unpaired) electrons. The second kappa shape index (κ2) is 6.01. The van der Waals surface area contributed by atoms with E-state index in [1.165, 1.54) is 24.8 Å². The van der Waals surface area contributed by atoms with Crippen molar-refractivity contribution in [3.8, 4) is 0 Å². The number of rotatable bonds is 4. The van der Waals surface area contributed by atoms with Gasteiger partial charge in [0.1, 0.15) is 5.82 Å². The summed E-state index contributed by atoms with van der Waals surface area (Å²) in [5, 5.41) is 7.09. The van der Waals surface area contributed by atoms with Gasteiger partial charge in [-0.15, -0.1) is 0 Å². The van der Waals surface area contributed by atoms with E-state index in [2.05, 4.69) is 35.5 Å². The first-order valence-electron chi connectivity index (χ1n) is 6.76. The molecule has 1 aliphatic heterocycles. The van der Waals surface area contributed by atoms with Crippen LogP contribution in [0.25, 0.3) is 0 Å². The summed E-state index contributed by atoms with van der Waals surface area (Å²) >= 11 is 0. The van der Waals surface area contributed by atoms with Crippen LogP contribution in [0.1, 0.15) is 51.1 Å². The zero-order valence-electron chi connectivity index (χ0n) is 10.9. The van der Waals surface area contributed by atoms with Gasteiger partial charge in [0.25, 0.3) is 0 Å². The zero-order chi connectivity index (χ0) is 12.1. The molecule has 1 fully saturated rings. The number of piperidine rings is 1. The molecular weight excluding hydrogens is 210 g/mol. The van der Waals surface area contributed by atoms with Gasteiger partial charge in [0.15, 0.2) is 0 Å². The van der Waals surface area contributed by atoms with Crippen LogP contribution < -0.4 is 10.6 Å². The molecule has 0 aliphatic carbocycles. The molecule has 1 saturated heterocycles. The zero-order valence-corrected chi connectivity index (χ0v) is 10.9. The molecule has 0 unspecified atom stereocenters. The first-order valence-corrected chi connectivity index (χ1v) is 6.76. The minimum atomic E-state index is 0.476. The SMILES string of the molecule is CC[C@H](C)Nc1ncccc1[C@@H]1CCCCN1. The van der Waals surface area contributed by atoms with Crippen LogP contribution in [-0.2, 0) is 0 Å². The third-order valence-corrected chi connectivity index (χ3v) is 3.52. The average Bonchev–Trinajstić information content (AvgIpc) is 2.40. The van der Waals surface area contributed by atoms with Crippen LogP contribution in [0.3, 0.4) is 0 Å². The van der Waals surface area contributed by atoms with Crippen molar-refractivity contribution in [1.29, 1.82) is 0 Å². The van der Waals surface area contributed by atoms with E-state index in [1.807, 2.05) is 12.3 Å². The highest BCUT2D eigenvalue weighted by Gasteiger charge is 2.18. The van der Waals surface area contributed by atoms with Crippen LogP contribution in [0.5, 0.6) is 0 Å². The molecule has 1 aliphatic rings. The predicted molar refractivity (Wildman–Crippen MR) is 72.2 cm³/mol. The van der Waals surface area contributed by atoms with E-state index in [9.17, 15) is 0 Å². The second-order valence-corrected chi connectivity index (χ2v) is 4.90. The summed E-state index contributed by atoms with van der Waals surface area (Å²) in [6.07, 6.45) is 6.83. The average molecular weight is 233 g/mol. The number of aromatic nitrogens is 1. The monoisotopic (exact) mass is 233 g/mol. The number of hydrogen-bond donors (Lipinski definition) is 2. The van der Waals surface area contributed by atoms with Crippen LogP contribution in [0.4, 0.5) is 5.82 Å². The molecule has 17 heavy (non-hydrogen) atoms. The molecule has 0 aromatic carbocycles. The van der Waals surface area contributed by atoms with Crippen molar-refractivity contribution in [2.24, 2.45) is 0 Å². The lowest BCUT2D eigenvalue weighted by molar-refractivity contribution is 0.412. The molecule has 0 bridgehead atoms. The molecule has 3 nitrogen and oxygen atoms in total. The Labute approximate surface area is 104 Å². The Hall–Kier alpha value is -1.09. The summed E-state index contributed by atoms with van der Waals surface area (Å²) in [6, 6.07) is 5.19. The minimum absolute atomic E-state index is 0.476. The molecule has 3 heteroatoms. The van der Waals surface area contributed by atoms with Crippen molar-refractivity contribution in [1.82, 2.24) is 10.3 Å². The fourth-order valence-electron chi connectivity index (χ4n) is 2.27. The summed E-state index contributed by atoms with van der Waals surface area (Å²) in [5.74, 6) is 1.06. The van der Waals surface area contributed by atoms with Crippen LogP contribution in [0.15, 0.2) is 18.3 Å². The predicted octanol–water partition coefficient (Wildman–Crippen LogP) is 3.11.